The lowest BCUT2D eigenvalue weighted by Crippen LogP contribution is -2.14. The molecular formula is C17H23NO4. The van der Waals surface area contributed by atoms with Crippen LogP contribution < -0.4 is 5.32 Å². The van der Waals surface area contributed by atoms with E-state index in [0.717, 1.165) is 17.8 Å². The molecule has 0 bridgehead atoms. The first kappa shape index (κ1) is 17.8. The zero-order valence-electron chi connectivity index (χ0n) is 13.3. The summed E-state index contributed by atoms with van der Waals surface area (Å²) < 4.78 is 9.62. The molecule has 0 unspecified atom stereocenters. The molecule has 1 aromatic carbocycles. The van der Waals surface area contributed by atoms with Crippen molar-refractivity contribution in [3.05, 3.63) is 41.6 Å². The predicted octanol–water partition coefficient (Wildman–Crippen LogP) is 3.06. The summed E-state index contributed by atoms with van der Waals surface area (Å²) in [6.45, 7) is 6.05. The van der Waals surface area contributed by atoms with E-state index in [9.17, 15) is 9.59 Å². The monoisotopic (exact) mass is 305 g/mol. The number of allylic oxidation sites excluding steroid dienone is 1. The highest BCUT2D eigenvalue weighted by Gasteiger charge is 2.10. The van der Waals surface area contributed by atoms with E-state index in [1.807, 2.05) is 19.1 Å². The average Bonchev–Trinajstić information content (AvgIpc) is 2.48. The fraction of sp³-hybridized carbons (Fsp3) is 0.412. The quantitative estimate of drug-likeness (QED) is 0.590. The Bertz CT molecular complexity index is 520. The molecular weight excluding hydrogens is 282 g/mol. The molecule has 0 aliphatic heterocycles. The van der Waals surface area contributed by atoms with Crippen molar-refractivity contribution in [3.8, 4) is 0 Å². The number of hydrogen-bond donors (Lipinski definition) is 1. The maximum atomic E-state index is 11.4. The summed E-state index contributed by atoms with van der Waals surface area (Å²) in [6.07, 6.45) is 2.40. The molecule has 0 aliphatic rings. The lowest BCUT2D eigenvalue weighted by Gasteiger charge is -2.08. The SMILES string of the molecule is CCOC(=O)CC(=O)OC/C=C(\C)Nc1ccc(CC)cc1. The minimum absolute atomic E-state index is 0.115. The van der Waals surface area contributed by atoms with Crippen LogP contribution in [0.25, 0.3) is 0 Å². The van der Waals surface area contributed by atoms with Crippen molar-refractivity contribution in [2.75, 3.05) is 18.5 Å². The fourth-order valence-corrected chi connectivity index (χ4v) is 1.74. The molecule has 0 radical (unpaired) electrons. The van der Waals surface area contributed by atoms with Gasteiger partial charge >= 0.3 is 11.9 Å². The number of aryl methyl sites for hydroxylation is 1. The van der Waals surface area contributed by atoms with Crippen molar-refractivity contribution in [2.45, 2.75) is 33.6 Å². The molecule has 0 aliphatic carbocycles. The minimum Gasteiger partial charge on any atom is -0.466 e. The highest BCUT2D eigenvalue weighted by molar-refractivity contribution is 5.91. The van der Waals surface area contributed by atoms with E-state index in [-0.39, 0.29) is 19.6 Å². The molecule has 0 heterocycles. The lowest BCUT2D eigenvalue weighted by atomic mass is 10.1. The van der Waals surface area contributed by atoms with E-state index in [2.05, 4.69) is 29.1 Å². The number of benzene rings is 1. The number of ether oxygens (including phenoxy) is 2. The van der Waals surface area contributed by atoms with Gasteiger partial charge in [0.25, 0.3) is 0 Å². The maximum Gasteiger partial charge on any atom is 0.317 e. The summed E-state index contributed by atoms with van der Waals surface area (Å²) in [6, 6.07) is 8.13. The van der Waals surface area contributed by atoms with Gasteiger partial charge in [0.05, 0.1) is 6.61 Å². The van der Waals surface area contributed by atoms with Crippen molar-refractivity contribution in [1.82, 2.24) is 0 Å². The van der Waals surface area contributed by atoms with Crippen molar-refractivity contribution in [2.24, 2.45) is 0 Å². The first-order valence-corrected chi connectivity index (χ1v) is 7.39. The number of esters is 2. The molecule has 0 spiro atoms. The predicted molar refractivity (Wildman–Crippen MR) is 85.4 cm³/mol. The number of nitrogens with one attached hydrogen (secondary N) is 1. The van der Waals surface area contributed by atoms with Crippen LogP contribution in [-0.2, 0) is 25.5 Å². The van der Waals surface area contributed by atoms with Gasteiger partial charge in [0.1, 0.15) is 13.0 Å². The van der Waals surface area contributed by atoms with Gasteiger partial charge in [-0.25, -0.2) is 0 Å². The Morgan fingerprint density at radius 1 is 1.09 bits per heavy atom. The number of rotatable bonds is 8. The molecule has 5 nitrogen and oxygen atoms in total. The summed E-state index contributed by atoms with van der Waals surface area (Å²) in [4.78, 5) is 22.5. The summed E-state index contributed by atoms with van der Waals surface area (Å²) in [5.41, 5.74) is 3.12. The summed E-state index contributed by atoms with van der Waals surface area (Å²) in [5, 5.41) is 3.21. The number of carbonyl (C=O) groups is 2. The molecule has 120 valence electrons. The van der Waals surface area contributed by atoms with Gasteiger partial charge in [-0.2, -0.15) is 0 Å². The molecule has 0 saturated carbocycles. The van der Waals surface area contributed by atoms with Gasteiger partial charge < -0.3 is 14.8 Å². The number of hydrogen-bond acceptors (Lipinski definition) is 5. The third-order valence-electron chi connectivity index (χ3n) is 2.93. The first-order valence-electron chi connectivity index (χ1n) is 7.39. The topological polar surface area (TPSA) is 64.6 Å². The van der Waals surface area contributed by atoms with Gasteiger partial charge in [0.2, 0.25) is 0 Å². The molecule has 0 fully saturated rings. The van der Waals surface area contributed by atoms with E-state index in [1.165, 1.54) is 5.56 Å². The van der Waals surface area contributed by atoms with Crippen LogP contribution in [0.5, 0.6) is 0 Å². The van der Waals surface area contributed by atoms with E-state index >= 15 is 0 Å². The second-order valence-electron chi connectivity index (χ2n) is 4.73. The van der Waals surface area contributed by atoms with Crippen LogP contribution in [0.2, 0.25) is 0 Å². The van der Waals surface area contributed by atoms with Gasteiger partial charge in [-0.3, -0.25) is 9.59 Å². The van der Waals surface area contributed by atoms with Crippen LogP contribution >= 0.6 is 0 Å². The van der Waals surface area contributed by atoms with Crippen molar-refractivity contribution in [3.63, 3.8) is 0 Å². The van der Waals surface area contributed by atoms with E-state index in [1.54, 1.807) is 13.0 Å². The van der Waals surface area contributed by atoms with Crippen molar-refractivity contribution < 1.29 is 19.1 Å². The molecule has 5 heteroatoms. The first-order chi connectivity index (χ1) is 10.5. The van der Waals surface area contributed by atoms with Crippen LogP contribution in [0.4, 0.5) is 5.69 Å². The van der Waals surface area contributed by atoms with E-state index < -0.39 is 11.9 Å². The molecule has 1 N–H and O–H groups in total. The molecule has 0 aromatic heterocycles. The van der Waals surface area contributed by atoms with Gasteiger partial charge in [0, 0.05) is 11.4 Å². The van der Waals surface area contributed by atoms with Crippen LogP contribution in [0.3, 0.4) is 0 Å². The van der Waals surface area contributed by atoms with Crippen LogP contribution in [0, 0.1) is 0 Å². The minimum atomic E-state index is -0.588. The van der Waals surface area contributed by atoms with Gasteiger partial charge in [-0.1, -0.05) is 19.1 Å². The van der Waals surface area contributed by atoms with Gasteiger partial charge in [0.15, 0.2) is 0 Å². The average molecular weight is 305 g/mol. The Balaban J connectivity index is 2.35. The fourth-order valence-electron chi connectivity index (χ4n) is 1.74. The lowest BCUT2D eigenvalue weighted by molar-refractivity contribution is -0.153. The van der Waals surface area contributed by atoms with E-state index in [0.29, 0.717) is 0 Å². The standard InChI is InChI=1S/C17H23NO4/c1-4-14-6-8-15(9-7-14)18-13(3)10-11-22-17(20)12-16(19)21-5-2/h6-10,18H,4-5,11-12H2,1-3H3/b13-10+. The van der Waals surface area contributed by atoms with Crippen LogP contribution in [0.15, 0.2) is 36.0 Å². The third-order valence-corrected chi connectivity index (χ3v) is 2.93. The number of carbonyl (C=O) groups excluding carboxylic acids is 2. The Hall–Kier alpha value is -2.30. The summed E-state index contributed by atoms with van der Waals surface area (Å²) in [5.74, 6) is -1.16. The maximum absolute atomic E-state index is 11.4. The molecule has 1 aromatic rings. The zero-order valence-corrected chi connectivity index (χ0v) is 13.3. The second-order valence-corrected chi connectivity index (χ2v) is 4.73. The molecule has 1 rings (SSSR count). The summed E-state index contributed by atoms with van der Waals surface area (Å²) in [7, 11) is 0. The molecule has 0 saturated heterocycles. The molecule has 0 atom stereocenters. The largest absolute Gasteiger partial charge is 0.466 e. The number of anilines is 1. The van der Waals surface area contributed by atoms with Crippen LogP contribution in [-0.4, -0.2) is 25.2 Å². The Morgan fingerprint density at radius 2 is 1.73 bits per heavy atom. The summed E-state index contributed by atoms with van der Waals surface area (Å²) >= 11 is 0. The van der Waals surface area contributed by atoms with Crippen LogP contribution in [0.1, 0.15) is 32.8 Å². The highest BCUT2D eigenvalue weighted by Crippen LogP contribution is 2.12. The smallest absolute Gasteiger partial charge is 0.317 e. The van der Waals surface area contributed by atoms with Crippen molar-refractivity contribution in [1.29, 1.82) is 0 Å². The Labute approximate surface area is 131 Å². The van der Waals surface area contributed by atoms with Crippen molar-refractivity contribution >= 4 is 17.6 Å². The highest BCUT2D eigenvalue weighted by atomic mass is 16.6. The normalized spacial score (nSPS) is 11.0. The molecule has 0 amide bonds. The Kier molecular flexibility index (Phi) is 7.75. The third kappa shape index (κ3) is 6.92. The second kappa shape index (κ2) is 9.60. The Morgan fingerprint density at radius 3 is 2.32 bits per heavy atom. The van der Waals surface area contributed by atoms with Gasteiger partial charge in [-0.15, -0.1) is 0 Å². The van der Waals surface area contributed by atoms with E-state index in [4.69, 9.17) is 4.74 Å². The van der Waals surface area contributed by atoms with Gasteiger partial charge in [-0.05, 0) is 44.0 Å². The molecule has 22 heavy (non-hydrogen) atoms. The zero-order chi connectivity index (χ0) is 16.4.